The molecule has 0 aliphatic rings. The molecule has 0 radical (unpaired) electrons. The highest BCUT2D eigenvalue weighted by Gasteiger charge is 2.36. The Bertz CT molecular complexity index is 1030. The van der Waals surface area contributed by atoms with E-state index in [1.54, 1.807) is 0 Å². The molecule has 0 saturated carbocycles. The monoisotopic (exact) mass is 444 g/mol. The quantitative estimate of drug-likeness (QED) is 0.330. The maximum Gasteiger partial charge on any atom is 0.420 e. The third-order valence-electron chi connectivity index (χ3n) is 3.94. The first-order valence-electron chi connectivity index (χ1n) is 8.46. The highest BCUT2D eigenvalue weighted by molar-refractivity contribution is 5.53. The minimum atomic E-state index is -4.79. The lowest BCUT2D eigenvalue weighted by Gasteiger charge is -2.16. The van der Waals surface area contributed by atoms with Gasteiger partial charge in [-0.2, -0.15) is 26.3 Å². The van der Waals surface area contributed by atoms with Crippen molar-refractivity contribution in [2.24, 2.45) is 0 Å². The molecule has 0 saturated heterocycles. The summed E-state index contributed by atoms with van der Waals surface area (Å²) in [5.74, 6) is -2.38. The summed E-state index contributed by atoms with van der Waals surface area (Å²) in [5.41, 5.74) is 8.15. The van der Waals surface area contributed by atoms with Gasteiger partial charge in [0.15, 0.2) is 0 Å². The second kappa shape index (κ2) is 7.82. The maximum absolute atomic E-state index is 13.2. The zero-order chi connectivity index (χ0) is 23.0. The highest BCUT2D eigenvalue weighted by atomic mass is 19.4. The van der Waals surface area contributed by atoms with Gasteiger partial charge in [0.05, 0.1) is 0 Å². The van der Waals surface area contributed by atoms with Gasteiger partial charge in [0, 0.05) is 29.6 Å². The number of phenols is 1. The Morgan fingerprint density at radius 2 is 1.00 bits per heavy atom. The molecule has 0 aliphatic heterocycles. The van der Waals surface area contributed by atoms with Crippen LogP contribution in [0.25, 0.3) is 0 Å². The number of ether oxygens (including phenoxy) is 2. The van der Waals surface area contributed by atoms with Gasteiger partial charge in [-0.25, -0.2) is 0 Å². The maximum atomic E-state index is 13.2. The average Bonchev–Trinajstić information content (AvgIpc) is 2.62. The first-order valence-corrected chi connectivity index (χ1v) is 8.46. The fraction of sp³-hybridized carbons (Fsp3) is 0.100. The van der Waals surface area contributed by atoms with Crippen LogP contribution in [0.4, 0.5) is 37.7 Å². The van der Waals surface area contributed by atoms with Crippen LogP contribution in [0.2, 0.25) is 0 Å². The predicted octanol–water partition coefficient (Wildman–Crippen LogP) is 6.18. The van der Waals surface area contributed by atoms with E-state index >= 15 is 0 Å². The molecule has 0 heterocycles. The predicted molar refractivity (Wildman–Crippen MR) is 100.0 cm³/mol. The summed E-state index contributed by atoms with van der Waals surface area (Å²) < 4.78 is 89.9. The topological polar surface area (TPSA) is 90.7 Å². The molecule has 0 spiro atoms. The number of phenolic OH excluding ortho intramolecular Hbond substituents is 1. The molecule has 0 atom stereocenters. The lowest BCUT2D eigenvalue weighted by molar-refractivity contribution is -0.139. The van der Waals surface area contributed by atoms with Crippen molar-refractivity contribution in [1.29, 1.82) is 0 Å². The van der Waals surface area contributed by atoms with Crippen molar-refractivity contribution in [3.05, 3.63) is 65.7 Å². The summed E-state index contributed by atoms with van der Waals surface area (Å²) in [6.45, 7) is 0. The zero-order valence-electron chi connectivity index (χ0n) is 15.4. The van der Waals surface area contributed by atoms with Crippen LogP contribution in [0.15, 0.2) is 54.6 Å². The van der Waals surface area contributed by atoms with Crippen molar-refractivity contribution in [2.75, 3.05) is 11.5 Å². The van der Waals surface area contributed by atoms with Crippen molar-refractivity contribution in [3.63, 3.8) is 0 Å². The molecule has 5 N–H and O–H groups in total. The number of alkyl halides is 6. The number of hydrogen-bond donors (Lipinski definition) is 3. The number of hydrogen-bond acceptors (Lipinski definition) is 5. The van der Waals surface area contributed by atoms with Crippen LogP contribution >= 0.6 is 0 Å². The number of nitrogen functional groups attached to an aromatic ring is 2. The molecule has 0 aliphatic carbocycles. The highest BCUT2D eigenvalue weighted by Crippen LogP contribution is 2.42. The van der Waals surface area contributed by atoms with Gasteiger partial charge in [-0.3, -0.25) is 0 Å². The van der Waals surface area contributed by atoms with Gasteiger partial charge in [0.25, 0.3) is 0 Å². The summed E-state index contributed by atoms with van der Waals surface area (Å²) >= 11 is 0. The van der Waals surface area contributed by atoms with Crippen molar-refractivity contribution >= 4 is 11.4 Å². The second-order valence-electron chi connectivity index (χ2n) is 6.37. The molecule has 0 unspecified atom stereocenters. The molecule has 3 rings (SSSR count). The summed E-state index contributed by atoms with van der Waals surface area (Å²) in [6.07, 6.45) is -9.57. The number of nitrogens with two attached hydrogens (primary N) is 2. The van der Waals surface area contributed by atoms with E-state index < -0.39 is 40.7 Å². The number of benzene rings is 3. The summed E-state index contributed by atoms with van der Waals surface area (Å²) in [4.78, 5) is 0. The third-order valence-corrected chi connectivity index (χ3v) is 3.94. The van der Waals surface area contributed by atoms with Crippen molar-refractivity contribution in [1.82, 2.24) is 0 Å². The largest absolute Gasteiger partial charge is 0.508 e. The van der Waals surface area contributed by atoms with E-state index in [4.69, 9.17) is 20.9 Å². The van der Waals surface area contributed by atoms with Crippen LogP contribution in [0.5, 0.6) is 28.7 Å². The molecule has 0 aromatic heterocycles. The number of aromatic hydroxyl groups is 1. The molecule has 3 aromatic carbocycles. The summed E-state index contributed by atoms with van der Waals surface area (Å²) in [5, 5.41) is 9.85. The van der Waals surface area contributed by atoms with Gasteiger partial charge in [-0.1, -0.05) is 0 Å². The number of halogens is 6. The molecule has 3 aromatic rings. The third kappa shape index (κ3) is 5.24. The van der Waals surface area contributed by atoms with E-state index in [0.29, 0.717) is 12.1 Å². The van der Waals surface area contributed by atoms with Gasteiger partial charge < -0.3 is 26.0 Å². The molecule has 5 nitrogen and oxygen atoms in total. The van der Waals surface area contributed by atoms with E-state index in [-0.39, 0.29) is 22.9 Å². The van der Waals surface area contributed by atoms with Crippen LogP contribution in [-0.2, 0) is 12.4 Å². The van der Waals surface area contributed by atoms with Crippen LogP contribution in [-0.4, -0.2) is 5.11 Å². The Hall–Kier alpha value is -3.76. The molecular weight excluding hydrogens is 430 g/mol. The molecular formula is C20H14F6N2O3. The van der Waals surface area contributed by atoms with E-state index in [1.807, 2.05) is 0 Å². The molecule has 164 valence electrons. The van der Waals surface area contributed by atoms with Crippen molar-refractivity contribution in [2.45, 2.75) is 12.4 Å². The Morgan fingerprint density at radius 3 is 1.35 bits per heavy atom. The first kappa shape index (κ1) is 21.9. The van der Waals surface area contributed by atoms with Crippen LogP contribution in [0, 0.1) is 0 Å². The fourth-order valence-electron chi connectivity index (χ4n) is 2.64. The summed E-state index contributed by atoms with van der Waals surface area (Å²) in [7, 11) is 0. The standard InChI is InChI=1S/C20H14F6N2O3/c21-19(22,23)15-5-10(27)1-3-17(15)30-13-7-12(29)8-14(9-13)31-18-4-2-11(28)6-16(18)20(24,25)26/h1-9,29H,27-28H2. The lowest BCUT2D eigenvalue weighted by atomic mass is 10.1. The Kier molecular flexibility index (Phi) is 5.53. The van der Waals surface area contributed by atoms with Gasteiger partial charge in [0.1, 0.15) is 39.9 Å². The minimum Gasteiger partial charge on any atom is -0.508 e. The second-order valence-corrected chi connectivity index (χ2v) is 6.37. The molecule has 11 heteroatoms. The lowest BCUT2D eigenvalue weighted by Crippen LogP contribution is -2.08. The van der Waals surface area contributed by atoms with Crippen molar-refractivity contribution < 1.29 is 40.9 Å². The molecule has 0 amide bonds. The molecule has 31 heavy (non-hydrogen) atoms. The van der Waals surface area contributed by atoms with E-state index in [2.05, 4.69) is 0 Å². The molecule has 0 fully saturated rings. The van der Waals surface area contributed by atoms with E-state index in [0.717, 1.165) is 30.3 Å². The van der Waals surface area contributed by atoms with Gasteiger partial charge in [-0.05, 0) is 36.4 Å². The Morgan fingerprint density at radius 1 is 0.613 bits per heavy atom. The number of rotatable bonds is 4. The first-order chi connectivity index (χ1) is 14.3. The Labute approximate surface area is 171 Å². The van der Waals surface area contributed by atoms with Crippen molar-refractivity contribution in [3.8, 4) is 28.7 Å². The van der Waals surface area contributed by atoms with E-state index in [1.165, 1.54) is 12.1 Å². The zero-order valence-corrected chi connectivity index (χ0v) is 15.4. The Balaban J connectivity index is 1.97. The van der Waals surface area contributed by atoms with Crippen LogP contribution < -0.4 is 20.9 Å². The normalized spacial score (nSPS) is 11.9. The fourth-order valence-corrected chi connectivity index (χ4v) is 2.64. The summed E-state index contributed by atoms with van der Waals surface area (Å²) in [6, 6.07) is 8.60. The van der Waals surface area contributed by atoms with Gasteiger partial charge in [0.2, 0.25) is 0 Å². The van der Waals surface area contributed by atoms with Gasteiger partial charge in [-0.15, -0.1) is 0 Å². The average molecular weight is 444 g/mol. The molecule has 0 bridgehead atoms. The van der Waals surface area contributed by atoms with E-state index in [9.17, 15) is 31.4 Å². The SMILES string of the molecule is Nc1ccc(Oc2cc(O)cc(Oc3ccc(N)cc3C(F)(F)F)c2)c(C(F)(F)F)c1. The minimum absolute atomic E-state index is 0.150. The van der Waals surface area contributed by atoms with Crippen LogP contribution in [0.3, 0.4) is 0 Å². The number of anilines is 2. The van der Waals surface area contributed by atoms with Crippen LogP contribution in [0.1, 0.15) is 11.1 Å². The smallest absolute Gasteiger partial charge is 0.420 e. The van der Waals surface area contributed by atoms with Gasteiger partial charge >= 0.3 is 12.4 Å².